The lowest BCUT2D eigenvalue weighted by atomic mass is 10.1. The molecular weight excluding hydrogens is 254 g/mol. The van der Waals surface area contributed by atoms with E-state index in [1.807, 2.05) is 35.9 Å². The van der Waals surface area contributed by atoms with Gasteiger partial charge in [0.25, 0.3) is 0 Å². The summed E-state index contributed by atoms with van der Waals surface area (Å²) in [5, 5.41) is 2.92. The monoisotopic (exact) mass is 273 g/mol. The summed E-state index contributed by atoms with van der Waals surface area (Å²) in [4.78, 5) is 16.6. The second kappa shape index (κ2) is 5.63. The van der Waals surface area contributed by atoms with Gasteiger partial charge in [-0.2, -0.15) is 0 Å². The second-order valence-corrected chi connectivity index (χ2v) is 5.15. The number of carbonyl (C=O) groups excluding carboxylic acids is 1. The van der Waals surface area contributed by atoms with Crippen LogP contribution in [0.25, 0.3) is 11.0 Å². The van der Waals surface area contributed by atoms with E-state index >= 15 is 0 Å². The lowest BCUT2D eigenvalue weighted by molar-refractivity contribution is -0.135. The number of benzene rings is 1. The Morgan fingerprint density at radius 3 is 3.05 bits per heavy atom. The third kappa shape index (κ3) is 2.54. The van der Waals surface area contributed by atoms with Crippen molar-refractivity contribution in [3.05, 3.63) is 30.1 Å². The predicted molar refractivity (Wildman–Crippen MR) is 76.2 cm³/mol. The third-order valence-electron chi connectivity index (χ3n) is 3.77. The van der Waals surface area contributed by atoms with E-state index in [2.05, 4.69) is 10.3 Å². The molecule has 1 N–H and O–H groups in total. The first-order chi connectivity index (χ1) is 9.75. The normalized spacial score (nSPS) is 19.1. The molecule has 1 atom stereocenters. The van der Waals surface area contributed by atoms with E-state index in [1.165, 1.54) is 0 Å². The molecule has 1 saturated heterocycles. The number of nitrogens with one attached hydrogen (secondary N) is 1. The van der Waals surface area contributed by atoms with Crippen molar-refractivity contribution in [3.63, 3.8) is 0 Å². The fourth-order valence-corrected chi connectivity index (χ4v) is 2.58. The molecule has 0 aliphatic carbocycles. The second-order valence-electron chi connectivity index (χ2n) is 5.15. The molecule has 2 aromatic rings. The first kappa shape index (κ1) is 13.1. The maximum absolute atomic E-state index is 12.0. The van der Waals surface area contributed by atoms with Gasteiger partial charge in [-0.1, -0.05) is 12.1 Å². The zero-order valence-corrected chi connectivity index (χ0v) is 11.6. The van der Waals surface area contributed by atoms with E-state index in [0.29, 0.717) is 13.2 Å². The summed E-state index contributed by atoms with van der Waals surface area (Å²) in [5.74, 6) is 0.826. The Morgan fingerprint density at radius 2 is 2.30 bits per heavy atom. The van der Waals surface area contributed by atoms with Crippen LogP contribution in [0.2, 0.25) is 0 Å². The topological polar surface area (TPSA) is 56.2 Å². The molecule has 0 saturated carbocycles. The van der Waals surface area contributed by atoms with Gasteiger partial charge in [0.05, 0.1) is 17.6 Å². The van der Waals surface area contributed by atoms with Crippen molar-refractivity contribution < 1.29 is 9.53 Å². The number of ether oxygens (including phenoxy) is 1. The van der Waals surface area contributed by atoms with Crippen molar-refractivity contribution >= 4 is 16.9 Å². The van der Waals surface area contributed by atoms with Crippen LogP contribution in [0, 0.1) is 0 Å². The summed E-state index contributed by atoms with van der Waals surface area (Å²) in [6.45, 7) is 1.12. The number of imidazole rings is 1. The highest BCUT2D eigenvalue weighted by molar-refractivity contribution is 5.81. The zero-order chi connectivity index (χ0) is 13.9. The Labute approximate surface area is 117 Å². The van der Waals surface area contributed by atoms with E-state index in [4.69, 9.17) is 4.74 Å². The quantitative estimate of drug-likeness (QED) is 0.927. The highest BCUT2D eigenvalue weighted by Gasteiger charge is 2.21. The molecule has 1 aliphatic heterocycles. The Hall–Kier alpha value is -1.88. The van der Waals surface area contributed by atoms with Crippen LogP contribution in [0.1, 0.15) is 25.1 Å². The Morgan fingerprint density at radius 1 is 1.45 bits per heavy atom. The molecule has 20 heavy (non-hydrogen) atoms. The fourth-order valence-electron chi connectivity index (χ4n) is 2.58. The Kier molecular flexibility index (Phi) is 3.69. The Bertz CT molecular complexity index is 615. The van der Waals surface area contributed by atoms with Gasteiger partial charge in [0.15, 0.2) is 0 Å². The van der Waals surface area contributed by atoms with Crippen LogP contribution in [0.4, 0.5) is 0 Å². The van der Waals surface area contributed by atoms with Crippen molar-refractivity contribution in [1.29, 1.82) is 0 Å². The maximum atomic E-state index is 12.0. The predicted octanol–water partition coefficient (Wildman–Crippen LogP) is 1.76. The van der Waals surface area contributed by atoms with Gasteiger partial charge in [0.2, 0.25) is 5.91 Å². The van der Waals surface area contributed by atoms with Crippen LogP contribution in [-0.2, 0) is 23.1 Å². The minimum atomic E-state index is -0.293. The summed E-state index contributed by atoms with van der Waals surface area (Å²) < 4.78 is 7.49. The molecule has 1 fully saturated rings. The maximum Gasteiger partial charge on any atom is 0.249 e. The molecule has 1 aromatic heterocycles. The molecule has 2 heterocycles. The molecule has 3 rings (SSSR count). The van der Waals surface area contributed by atoms with Crippen LogP contribution in [-0.4, -0.2) is 28.2 Å². The zero-order valence-electron chi connectivity index (χ0n) is 11.6. The van der Waals surface area contributed by atoms with Gasteiger partial charge in [-0.15, -0.1) is 0 Å². The summed E-state index contributed by atoms with van der Waals surface area (Å²) in [6.07, 6.45) is 2.63. The molecule has 1 aromatic carbocycles. The smallest absolute Gasteiger partial charge is 0.249 e. The van der Waals surface area contributed by atoms with Crippen LogP contribution in [0.15, 0.2) is 24.3 Å². The highest BCUT2D eigenvalue weighted by Crippen LogP contribution is 2.15. The van der Waals surface area contributed by atoms with Crippen LogP contribution in [0.3, 0.4) is 0 Å². The molecule has 0 radical (unpaired) electrons. The number of nitrogens with zero attached hydrogens (tertiary/aromatic N) is 2. The van der Waals surface area contributed by atoms with Gasteiger partial charge in [0.1, 0.15) is 11.9 Å². The highest BCUT2D eigenvalue weighted by atomic mass is 16.5. The summed E-state index contributed by atoms with van der Waals surface area (Å²) in [7, 11) is 1.97. The van der Waals surface area contributed by atoms with Gasteiger partial charge in [-0.25, -0.2) is 4.98 Å². The first-order valence-electron chi connectivity index (χ1n) is 7.05. The van der Waals surface area contributed by atoms with Crippen molar-refractivity contribution in [2.45, 2.75) is 31.9 Å². The van der Waals surface area contributed by atoms with E-state index < -0.39 is 0 Å². The summed E-state index contributed by atoms with van der Waals surface area (Å²) in [6, 6.07) is 7.96. The number of amides is 1. The number of fused-ring (bicyclic) bond motifs is 1. The Balaban J connectivity index is 1.67. The average molecular weight is 273 g/mol. The third-order valence-corrected chi connectivity index (χ3v) is 3.77. The number of hydrogen-bond acceptors (Lipinski definition) is 3. The number of carbonyl (C=O) groups is 1. The van der Waals surface area contributed by atoms with E-state index in [0.717, 1.165) is 36.1 Å². The van der Waals surface area contributed by atoms with Gasteiger partial charge >= 0.3 is 0 Å². The van der Waals surface area contributed by atoms with Crippen LogP contribution >= 0.6 is 0 Å². The number of aromatic nitrogens is 2. The van der Waals surface area contributed by atoms with Crippen molar-refractivity contribution in [3.8, 4) is 0 Å². The van der Waals surface area contributed by atoms with Crippen molar-refractivity contribution in [1.82, 2.24) is 14.9 Å². The van der Waals surface area contributed by atoms with Crippen molar-refractivity contribution in [2.24, 2.45) is 7.05 Å². The largest absolute Gasteiger partial charge is 0.368 e. The summed E-state index contributed by atoms with van der Waals surface area (Å²) in [5.41, 5.74) is 2.03. The lowest BCUT2D eigenvalue weighted by Crippen LogP contribution is -2.38. The minimum Gasteiger partial charge on any atom is -0.368 e. The van der Waals surface area contributed by atoms with E-state index in [1.54, 1.807) is 0 Å². The lowest BCUT2D eigenvalue weighted by Gasteiger charge is -2.21. The van der Waals surface area contributed by atoms with Crippen molar-refractivity contribution in [2.75, 3.05) is 6.61 Å². The number of hydrogen-bond donors (Lipinski definition) is 1. The van der Waals surface area contributed by atoms with Crippen LogP contribution < -0.4 is 5.32 Å². The fraction of sp³-hybridized carbons (Fsp3) is 0.467. The number of rotatable bonds is 3. The first-order valence-corrected chi connectivity index (χ1v) is 7.05. The van der Waals surface area contributed by atoms with Gasteiger partial charge in [0, 0.05) is 13.7 Å². The molecule has 5 nitrogen and oxygen atoms in total. The molecule has 0 spiro atoms. The molecule has 1 amide bonds. The summed E-state index contributed by atoms with van der Waals surface area (Å²) >= 11 is 0. The SMILES string of the molecule is Cn1c(CNC(=O)[C@H]2CCCCO2)nc2ccccc21. The molecule has 1 aliphatic rings. The van der Waals surface area contributed by atoms with Gasteiger partial charge in [-0.3, -0.25) is 4.79 Å². The van der Waals surface area contributed by atoms with E-state index in [-0.39, 0.29) is 12.0 Å². The molecule has 5 heteroatoms. The molecule has 0 unspecified atom stereocenters. The number of para-hydroxylation sites is 2. The van der Waals surface area contributed by atoms with Gasteiger partial charge in [-0.05, 0) is 31.4 Å². The van der Waals surface area contributed by atoms with Crippen LogP contribution in [0.5, 0.6) is 0 Å². The molecular formula is C15H19N3O2. The van der Waals surface area contributed by atoms with Gasteiger partial charge < -0.3 is 14.6 Å². The average Bonchev–Trinajstić information content (AvgIpc) is 2.83. The molecule has 106 valence electrons. The minimum absolute atomic E-state index is 0.0308. The number of aryl methyl sites for hydroxylation is 1. The molecule has 0 bridgehead atoms. The standard InChI is InChI=1S/C15H19N3O2/c1-18-12-7-3-2-6-11(12)17-14(18)10-16-15(19)13-8-4-5-9-20-13/h2-3,6-7,13H,4-5,8-10H2,1H3,(H,16,19)/t13-/m1/s1. The van der Waals surface area contributed by atoms with E-state index in [9.17, 15) is 4.79 Å².